The highest BCUT2D eigenvalue weighted by molar-refractivity contribution is 5.54. The lowest BCUT2D eigenvalue weighted by Gasteiger charge is -2.11. The van der Waals surface area contributed by atoms with Crippen LogP contribution in [0.25, 0.3) is 0 Å². The van der Waals surface area contributed by atoms with E-state index < -0.39 is 11.6 Å². The topological polar surface area (TPSA) is 30.5 Å². The molecule has 0 fully saturated rings. The fourth-order valence-corrected chi connectivity index (χ4v) is 1.76. The largest absolute Gasteiger partial charge is 0.497 e. The SMILES string of the molecule is COc1cc(NCc2ccc(F)c(F)c2)cc(OC)c1. The van der Waals surface area contributed by atoms with Crippen molar-refractivity contribution in [1.82, 2.24) is 0 Å². The molecule has 0 amide bonds. The highest BCUT2D eigenvalue weighted by Crippen LogP contribution is 2.26. The minimum absolute atomic E-state index is 0.369. The van der Waals surface area contributed by atoms with Crippen LogP contribution in [-0.2, 0) is 6.54 Å². The summed E-state index contributed by atoms with van der Waals surface area (Å²) in [5.41, 5.74) is 1.41. The minimum Gasteiger partial charge on any atom is -0.497 e. The smallest absolute Gasteiger partial charge is 0.159 e. The predicted octanol–water partition coefficient (Wildman–Crippen LogP) is 3.59. The van der Waals surface area contributed by atoms with Crippen molar-refractivity contribution in [3.05, 3.63) is 53.6 Å². The third-order valence-electron chi connectivity index (χ3n) is 2.83. The third kappa shape index (κ3) is 3.38. The van der Waals surface area contributed by atoms with Crippen molar-refractivity contribution in [1.29, 1.82) is 0 Å². The lowest BCUT2D eigenvalue weighted by Crippen LogP contribution is -2.01. The van der Waals surface area contributed by atoms with Gasteiger partial charge in [-0.15, -0.1) is 0 Å². The number of halogens is 2. The number of methoxy groups -OCH3 is 2. The van der Waals surface area contributed by atoms with E-state index in [4.69, 9.17) is 9.47 Å². The van der Waals surface area contributed by atoms with Crippen LogP contribution in [0.1, 0.15) is 5.56 Å². The van der Waals surface area contributed by atoms with Gasteiger partial charge in [0.15, 0.2) is 11.6 Å². The zero-order chi connectivity index (χ0) is 14.5. The first-order chi connectivity index (χ1) is 9.62. The molecule has 0 bridgehead atoms. The highest BCUT2D eigenvalue weighted by atomic mass is 19.2. The minimum atomic E-state index is -0.854. The zero-order valence-electron chi connectivity index (χ0n) is 11.2. The summed E-state index contributed by atoms with van der Waals surface area (Å²) in [6.07, 6.45) is 0. The number of anilines is 1. The molecule has 106 valence electrons. The van der Waals surface area contributed by atoms with Crippen LogP contribution in [-0.4, -0.2) is 14.2 Å². The molecule has 3 nitrogen and oxygen atoms in total. The molecule has 2 aromatic carbocycles. The Balaban J connectivity index is 2.11. The van der Waals surface area contributed by atoms with Gasteiger partial charge in [0.1, 0.15) is 11.5 Å². The van der Waals surface area contributed by atoms with E-state index in [9.17, 15) is 8.78 Å². The van der Waals surface area contributed by atoms with Crippen LogP contribution in [0.3, 0.4) is 0 Å². The maximum Gasteiger partial charge on any atom is 0.159 e. The van der Waals surface area contributed by atoms with Gasteiger partial charge in [0.2, 0.25) is 0 Å². The van der Waals surface area contributed by atoms with Crippen molar-refractivity contribution >= 4 is 5.69 Å². The van der Waals surface area contributed by atoms with Gasteiger partial charge in [-0.1, -0.05) is 6.07 Å². The first kappa shape index (κ1) is 14.1. The van der Waals surface area contributed by atoms with E-state index in [0.717, 1.165) is 11.8 Å². The Kier molecular flexibility index (Phi) is 4.40. The summed E-state index contributed by atoms with van der Waals surface area (Å²) in [5, 5.41) is 3.11. The number of ether oxygens (including phenoxy) is 2. The zero-order valence-corrected chi connectivity index (χ0v) is 11.2. The number of hydrogen-bond donors (Lipinski definition) is 1. The van der Waals surface area contributed by atoms with Crippen molar-refractivity contribution < 1.29 is 18.3 Å². The number of hydrogen-bond acceptors (Lipinski definition) is 3. The van der Waals surface area contributed by atoms with Crippen molar-refractivity contribution in [3.63, 3.8) is 0 Å². The van der Waals surface area contributed by atoms with Crippen molar-refractivity contribution in [3.8, 4) is 11.5 Å². The Labute approximate surface area is 116 Å². The van der Waals surface area contributed by atoms with Gasteiger partial charge >= 0.3 is 0 Å². The summed E-state index contributed by atoms with van der Waals surface area (Å²) in [6, 6.07) is 9.15. The third-order valence-corrected chi connectivity index (χ3v) is 2.83. The number of nitrogens with one attached hydrogen (secondary N) is 1. The first-order valence-electron chi connectivity index (χ1n) is 6.03. The lowest BCUT2D eigenvalue weighted by atomic mass is 10.2. The van der Waals surface area contributed by atoms with Gasteiger partial charge in [-0.2, -0.15) is 0 Å². The Morgan fingerprint density at radius 1 is 0.900 bits per heavy atom. The molecule has 0 aliphatic heterocycles. The van der Waals surface area contributed by atoms with Gasteiger partial charge in [0.25, 0.3) is 0 Å². The molecule has 0 heterocycles. The van der Waals surface area contributed by atoms with Crippen LogP contribution in [0.15, 0.2) is 36.4 Å². The molecule has 20 heavy (non-hydrogen) atoms. The predicted molar refractivity (Wildman–Crippen MR) is 73.2 cm³/mol. The highest BCUT2D eigenvalue weighted by Gasteiger charge is 2.04. The summed E-state index contributed by atoms with van der Waals surface area (Å²) >= 11 is 0. The van der Waals surface area contributed by atoms with E-state index in [2.05, 4.69) is 5.32 Å². The molecule has 1 N–H and O–H groups in total. The molecule has 0 aliphatic rings. The molecule has 0 saturated heterocycles. The Morgan fingerprint density at radius 3 is 2.10 bits per heavy atom. The van der Waals surface area contributed by atoms with E-state index in [0.29, 0.717) is 23.6 Å². The molecule has 0 saturated carbocycles. The summed E-state index contributed by atoms with van der Waals surface area (Å²) in [4.78, 5) is 0. The fourth-order valence-electron chi connectivity index (χ4n) is 1.76. The van der Waals surface area contributed by atoms with Gasteiger partial charge in [-0.25, -0.2) is 8.78 Å². The molecule has 2 rings (SSSR count). The number of benzene rings is 2. The second-order valence-corrected chi connectivity index (χ2v) is 4.20. The van der Waals surface area contributed by atoms with Gasteiger partial charge < -0.3 is 14.8 Å². The maximum atomic E-state index is 13.1. The molecule has 0 aliphatic carbocycles. The second kappa shape index (κ2) is 6.23. The van der Waals surface area contributed by atoms with Gasteiger partial charge in [-0.05, 0) is 17.7 Å². The van der Waals surface area contributed by atoms with Crippen molar-refractivity contribution in [2.75, 3.05) is 19.5 Å². The molecule has 0 radical (unpaired) electrons. The summed E-state index contributed by atoms with van der Waals surface area (Å²) < 4.78 is 36.2. The molecule has 2 aromatic rings. The first-order valence-corrected chi connectivity index (χ1v) is 6.03. The Hall–Kier alpha value is -2.30. The van der Waals surface area contributed by atoms with Gasteiger partial charge in [0, 0.05) is 30.4 Å². The van der Waals surface area contributed by atoms with Crippen LogP contribution < -0.4 is 14.8 Å². The fraction of sp³-hybridized carbons (Fsp3) is 0.200. The normalized spacial score (nSPS) is 10.2. The van der Waals surface area contributed by atoms with E-state index in [1.54, 1.807) is 32.4 Å². The summed E-state index contributed by atoms with van der Waals surface area (Å²) in [7, 11) is 3.13. The molecule has 0 aromatic heterocycles. The lowest BCUT2D eigenvalue weighted by molar-refractivity contribution is 0.394. The van der Waals surface area contributed by atoms with E-state index in [1.165, 1.54) is 12.1 Å². The Morgan fingerprint density at radius 2 is 1.55 bits per heavy atom. The quantitative estimate of drug-likeness (QED) is 0.907. The van der Waals surface area contributed by atoms with Crippen LogP contribution in [0.4, 0.5) is 14.5 Å². The summed E-state index contributed by atoms with van der Waals surface area (Å²) in [5.74, 6) is -0.404. The molecule has 0 spiro atoms. The van der Waals surface area contributed by atoms with Crippen LogP contribution >= 0.6 is 0 Å². The van der Waals surface area contributed by atoms with Crippen molar-refractivity contribution in [2.45, 2.75) is 6.54 Å². The number of rotatable bonds is 5. The average Bonchev–Trinajstić information content (AvgIpc) is 2.48. The maximum absolute atomic E-state index is 13.1. The second-order valence-electron chi connectivity index (χ2n) is 4.20. The van der Waals surface area contributed by atoms with Crippen LogP contribution in [0.5, 0.6) is 11.5 Å². The van der Waals surface area contributed by atoms with E-state index in [1.807, 2.05) is 0 Å². The molecule has 5 heteroatoms. The molecule has 0 unspecified atom stereocenters. The average molecular weight is 279 g/mol. The Bertz CT molecular complexity index is 580. The van der Waals surface area contributed by atoms with Crippen molar-refractivity contribution in [2.24, 2.45) is 0 Å². The van der Waals surface area contributed by atoms with Gasteiger partial charge in [-0.3, -0.25) is 0 Å². The van der Waals surface area contributed by atoms with Crippen LogP contribution in [0.2, 0.25) is 0 Å². The summed E-state index contributed by atoms with van der Waals surface area (Å²) in [6.45, 7) is 0.369. The monoisotopic (exact) mass is 279 g/mol. The molecule has 0 atom stereocenters. The molecular formula is C15H15F2NO2. The van der Waals surface area contributed by atoms with E-state index in [-0.39, 0.29) is 0 Å². The van der Waals surface area contributed by atoms with E-state index >= 15 is 0 Å². The van der Waals surface area contributed by atoms with Gasteiger partial charge in [0.05, 0.1) is 14.2 Å². The molecular weight excluding hydrogens is 264 g/mol. The van der Waals surface area contributed by atoms with Crippen LogP contribution in [0, 0.1) is 11.6 Å². The standard InChI is InChI=1S/C15H15F2NO2/c1-19-12-6-11(7-13(8-12)20-2)18-9-10-3-4-14(16)15(17)5-10/h3-8,18H,9H2,1-2H3.